The zero-order valence-corrected chi connectivity index (χ0v) is 44.3. The van der Waals surface area contributed by atoms with Gasteiger partial charge < -0.3 is 9.64 Å². The van der Waals surface area contributed by atoms with Crippen molar-refractivity contribution in [2.24, 2.45) is 0 Å². The van der Waals surface area contributed by atoms with Crippen LogP contribution in [0.3, 0.4) is 0 Å². The van der Waals surface area contributed by atoms with Crippen LogP contribution in [0.25, 0.3) is 33.4 Å². The van der Waals surface area contributed by atoms with Gasteiger partial charge in [0, 0.05) is 47.6 Å². The lowest BCUT2D eigenvalue weighted by molar-refractivity contribution is 0.436. The van der Waals surface area contributed by atoms with Crippen molar-refractivity contribution in [1.82, 2.24) is 0 Å². The van der Waals surface area contributed by atoms with Gasteiger partial charge in [0.1, 0.15) is 11.5 Å². The lowest BCUT2D eigenvalue weighted by Crippen LogP contribution is -2.32. The standard InChI is InChI=1S/C75H45NOS2/c1-4-23-53-48(20-1)51-44-46(40-42-56(51)73(53)60-28-9-15-36-68(60)78-69-37-16-10-29-61(69)73)76(47-41-43-57-52(45-47)49-21-2-5-24-54(49)74(57)62-30-11-17-38-70(62)79-71-39-18-12-31-63(71)74)65-33-19-32-64-72(65)50-22-3-6-25-55(50)75(64)58-26-7-13-34-66(58)77-67-35-14-8-27-59(67)75/h1-45H. The Balaban J connectivity index is 0.936. The molecule has 368 valence electrons. The van der Waals surface area contributed by atoms with Crippen LogP contribution in [-0.2, 0) is 16.2 Å². The first-order chi connectivity index (χ1) is 39.2. The van der Waals surface area contributed by atoms with Gasteiger partial charge in [-0.05, 0) is 150 Å². The third kappa shape index (κ3) is 5.46. The summed E-state index contributed by atoms with van der Waals surface area (Å²) in [7, 11) is 0. The first-order valence-electron chi connectivity index (χ1n) is 27.3. The van der Waals surface area contributed by atoms with Crippen LogP contribution in [0, 0.1) is 0 Å². The average molecular weight is 1040 g/mol. The van der Waals surface area contributed by atoms with E-state index in [-0.39, 0.29) is 0 Å². The molecule has 3 aliphatic carbocycles. The summed E-state index contributed by atoms with van der Waals surface area (Å²) in [5.41, 5.74) is 24.6. The fourth-order valence-electron chi connectivity index (χ4n) is 15.5. The minimum Gasteiger partial charge on any atom is -0.457 e. The largest absolute Gasteiger partial charge is 0.457 e. The molecule has 0 saturated carbocycles. The van der Waals surface area contributed by atoms with Gasteiger partial charge in [-0.3, -0.25) is 0 Å². The van der Waals surface area contributed by atoms with E-state index in [0.717, 1.165) is 39.7 Å². The van der Waals surface area contributed by atoms with Crippen LogP contribution in [-0.4, -0.2) is 0 Å². The Kier molecular flexibility index (Phi) is 8.92. The molecule has 0 unspecified atom stereocenters. The highest BCUT2D eigenvalue weighted by atomic mass is 32.2. The third-order valence-electron chi connectivity index (χ3n) is 18.3. The quantitative estimate of drug-likeness (QED) is 0.175. The lowest BCUT2D eigenvalue weighted by Gasteiger charge is -2.40. The number of fused-ring (bicyclic) bond motifs is 27. The van der Waals surface area contributed by atoms with Crippen molar-refractivity contribution in [2.75, 3.05) is 4.90 Å². The van der Waals surface area contributed by atoms with E-state index in [1.165, 1.54) is 109 Å². The Hall–Kier alpha value is -9.06. The highest BCUT2D eigenvalue weighted by Gasteiger charge is 2.54. The number of ether oxygens (including phenoxy) is 1. The van der Waals surface area contributed by atoms with Crippen LogP contribution >= 0.6 is 23.5 Å². The maximum absolute atomic E-state index is 6.82. The second kappa shape index (κ2) is 16.0. The average Bonchev–Trinajstić information content (AvgIpc) is 3.86. The molecule has 0 saturated heterocycles. The first kappa shape index (κ1) is 44.0. The molecule has 0 aromatic heterocycles. The summed E-state index contributed by atoms with van der Waals surface area (Å²) in [6, 6.07) is 103. The van der Waals surface area contributed by atoms with Crippen molar-refractivity contribution < 1.29 is 4.74 Å². The predicted octanol–water partition coefficient (Wildman–Crippen LogP) is 19.3. The van der Waals surface area contributed by atoms with E-state index >= 15 is 0 Å². The number of anilines is 3. The maximum atomic E-state index is 6.82. The normalized spacial score (nSPS) is 15.4. The number of rotatable bonds is 3. The fourth-order valence-corrected chi connectivity index (χ4v) is 17.9. The molecular weight excluding hydrogens is 995 g/mol. The molecule has 3 heterocycles. The molecule has 2 nitrogen and oxygen atoms in total. The first-order valence-corrected chi connectivity index (χ1v) is 28.9. The van der Waals surface area contributed by atoms with E-state index in [2.05, 4.69) is 278 Å². The summed E-state index contributed by atoms with van der Waals surface area (Å²) in [4.78, 5) is 7.80. The zero-order chi connectivity index (χ0) is 51.6. The van der Waals surface area contributed by atoms with Gasteiger partial charge in [-0.25, -0.2) is 0 Å². The summed E-state index contributed by atoms with van der Waals surface area (Å²) >= 11 is 3.78. The SMILES string of the molecule is c1ccc2c(c1)Oc1ccccc1C21c2ccccc2-c2c(N(c3ccc4c(c3)-c3ccccc3C43c4ccccc4Sc4ccccc43)c3ccc4c(c3)-c3ccccc3C43c4ccccc4Sc4ccccc43)cccc21. The van der Waals surface area contributed by atoms with Crippen LogP contribution < -0.4 is 9.64 Å². The van der Waals surface area contributed by atoms with Crippen molar-refractivity contribution in [3.63, 3.8) is 0 Å². The highest BCUT2D eigenvalue weighted by molar-refractivity contribution is 7.99. The second-order valence-corrected chi connectivity index (χ2v) is 23.8. The van der Waals surface area contributed by atoms with E-state index in [1.807, 2.05) is 23.5 Å². The lowest BCUT2D eigenvalue weighted by atomic mass is 9.66. The maximum Gasteiger partial charge on any atom is 0.132 e. The van der Waals surface area contributed by atoms with Gasteiger partial charge in [0.05, 0.1) is 21.9 Å². The zero-order valence-electron chi connectivity index (χ0n) is 42.7. The monoisotopic (exact) mass is 1040 g/mol. The van der Waals surface area contributed by atoms with E-state index in [1.54, 1.807) is 0 Å². The van der Waals surface area contributed by atoms with E-state index in [9.17, 15) is 0 Å². The van der Waals surface area contributed by atoms with Gasteiger partial charge in [0.15, 0.2) is 0 Å². The molecule has 0 N–H and O–H groups in total. The summed E-state index contributed by atoms with van der Waals surface area (Å²) < 4.78 is 6.82. The van der Waals surface area contributed by atoms with Gasteiger partial charge in [-0.2, -0.15) is 0 Å². The van der Waals surface area contributed by atoms with Crippen LogP contribution in [0.2, 0.25) is 0 Å². The van der Waals surface area contributed by atoms with E-state index < -0.39 is 16.2 Å². The van der Waals surface area contributed by atoms with E-state index in [4.69, 9.17) is 4.74 Å². The Morgan fingerprint density at radius 3 is 1.04 bits per heavy atom. The number of hydrogen-bond acceptors (Lipinski definition) is 4. The van der Waals surface area contributed by atoms with Crippen molar-refractivity contribution >= 4 is 40.6 Å². The minimum absolute atomic E-state index is 0.493. The summed E-state index contributed by atoms with van der Waals surface area (Å²) in [6.07, 6.45) is 0. The molecule has 0 atom stereocenters. The molecule has 0 fully saturated rings. The molecule has 12 aromatic carbocycles. The van der Waals surface area contributed by atoms with Gasteiger partial charge in [-0.1, -0.05) is 230 Å². The van der Waals surface area contributed by atoms with Crippen LogP contribution in [0.1, 0.15) is 66.8 Å². The fraction of sp³-hybridized carbons (Fsp3) is 0.0400. The molecule has 6 aliphatic rings. The van der Waals surface area contributed by atoms with Crippen LogP contribution in [0.15, 0.2) is 293 Å². The highest BCUT2D eigenvalue weighted by Crippen LogP contribution is 2.67. The topological polar surface area (TPSA) is 12.5 Å². The summed E-state index contributed by atoms with van der Waals surface area (Å²) in [5, 5.41) is 0. The molecule has 18 rings (SSSR count). The van der Waals surface area contributed by atoms with Gasteiger partial charge in [-0.15, -0.1) is 0 Å². The molecular formula is C75H45NOS2. The van der Waals surface area contributed by atoms with Crippen molar-refractivity contribution in [1.29, 1.82) is 0 Å². The molecule has 4 heteroatoms. The minimum atomic E-state index is -0.634. The Morgan fingerprint density at radius 2 is 0.582 bits per heavy atom. The van der Waals surface area contributed by atoms with Crippen molar-refractivity contribution in [3.05, 3.63) is 340 Å². The molecule has 79 heavy (non-hydrogen) atoms. The predicted molar refractivity (Wildman–Crippen MR) is 321 cm³/mol. The molecule has 3 spiro atoms. The summed E-state index contributed by atoms with van der Waals surface area (Å²) in [5.74, 6) is 1.77. The molecule has 0 radical (unpaired) electrons. The molecule has 12 aromatic rings. The second-order valence-electron chi connectivity index (χ2n) is 21.7. The number of nitrogens with zero attached hydrogens (tertiary/aromatic N) is 1. The van der Waals surface area contributed by atoms with Gasteiger partial charge in [0.2, 0.25) is 0 Å². The van der Waals surface area contributed by atoms with Gasteiger partial charge >= 0.3 is 0 Å². The smallest absolute Gasteiger partial charge is 0.132 e. The third-order valence-corrected chi connectivity index (χ3v) is 20.6. The van der Waals surface area contributed by atoms with Crippen LogP contribution in [0.4, 0.5) is 17.1 Å². The molecule has 0 bridgehead atoms. The Bertz CT molecular complexity index is 4310. The number of para-hydroxylation sites is 2. The molecule has 3 aliphatic heterocycles. The Labute approximate surface area is 467 Å². The van der Waals surface area contributed by atoms with E-state index in [0.29, 0.717) is 0 Å². The van der Waals surface area contributed by atoms with Crippen molar-refractivity contribution in [3.8, 4) is 44.9 Å². The Morgan fingerprint density at radius 1 is 0.253 bits per heavy atom. The number of benzene rings is 12. The van der Waals surface area contributed by atoms with Crippen LogP contribution in [0.5, 0.6) is 11.5 Å². The molecule has 0 amide bonds. The number of hydrogen-bond donors (Lipinski definition) is 0. The van der Waals surface area contributed by atoms with Crippen molar-refractivity contribution in [2.45, 2.75) is 35.8 Å². The van der Waals surface area contributed by atoms with Gasteiger partial charge in [0.25, 0.3) is 0 Å². The summed E-state index contributed by atoms with van der Waals surface area (Å²) in [6.45, 7) is 0.